The Morgan fingerprint density at radius 1 is 1.59 bits per heavy atom. The molecule has 0 aromatic carbocycles. The summed E-state index contributed by atoms with van der Waals surface area (Å²) in [6.07, 6.45) is 0. The van der Waals surface area contributed by atoms with Gasteiger partial charge in [0.15, 0.2) is 0 Å². The highest BCUT2D eigenvalue weighted by Gasteiger charge is 2.23. The molecule has 0 saturated carbocycles. The molecule has 4 nitrogen and oxygen atoms in total. The first-order chi connectivity index (χ1) is 8.35. The van der Waals surface area contributed by atoms with E-state index < -0.39 is 0 Å². The maximum absolute atomic E-state index is 5.47. The minimum atomic E-state index is 0.341. The quantitative estimate of drug-likeness (QED) is 0.798. The van der Waals surface area contributed by atoms with E-state index in [2.05, 4.69) is 25.8 Å². The van der Waals surface area contributed by atoms with E-state index in [0.717, 1.165) is 30.9 Å². The van der Waals surface area contributed by atoms with Gasteiger partial charge in [0.1, 0.15) is 5.82 Å². The third-order valence-corrected chi connectivity index (χ3v) is 3.45. The van der Waals surface area contributed by atoms with Crippen molar-refractivity contribution in [2.75, 3.05) is 36.6 Å². The van der Waals surface area contributed by atoms with E-state index >= 15 is 0 Å². The van der Waals surface area contributed by atoms with Crippen LogP contribution in [0.4, 0.5) is 5.82 Å². The maximum Gasteiger partial charge on any atom is 0.215 e. The third kappa shape index (κ3) is 3.10. The van der Waals surface area contributed by atoms with Gasteiger partial charge in [0.2, 0.25) is 5.88 Å². The monoisotopic (exact) mass is 300 g/mol. The fourth-order valence-electron chi connectivity index (χ4n) is 1.88. The smallest absolute Gasteiger partial charge is 0.215 e. The van der Waals surface area contributed by atoms with Gasteiger partial charge in [-0.25, -0.2) is 0 Å². The minimum Gasteiger partial charge on any atom is -0.478 e. The van der Waals surface area contributed by atoms with Crippen molar-refractivity contribution in [1.82, 2.24) is 4.98 Å². The predicted molar refractivity (Wildman–Crippen MR) is 71.2 cm³/mol. The van der Waals surface area contributed by atoms with Crippen molar-refractivity contribution in [2.24, 2.45) is 0 Å². The maximum atomic E-state index is 5.47. The lowest BCUT2D eigenvalue weighted by Crippen LogP contribution is -2.47. The molecule has 1 saturated heterocycles. The van der Waals surface area contributed by atoms with E-state index in [1.165, 1.54) is 0 Å². The highest BCUT2D eigenvalue weighted by atomic mass is 79.9. The molecular weight excluding hydrogens is 284 g/mol. The van der Waals surface area contributed by atoms with Crippen LogP contribution in [-0.4, -0.2) is 42.7 Å². The van der Waals surface area contributed by atoms with Crippen LogP contribution in [0.2, 0.25) is 0 Å². The van der Waals surface area contributed by atoms with E-state index in [0.29, 0.717) is 18.5 Å². The molecule has 2 rings (SSSR count). The number of hydrogen-bond donors (Lipinski definition) is 0. The molecule has 0 amide bonds. The second kappa shape index (κ2) is 6.21. The Balaban J connectivity index is 2.16. The fraction of sp³-hybridized carbons (Fsp3) is 0.583. The van der Waals surface area contributed by atoms with Gasteiger partial charge in [-0.15, -0.1) is 0 Å². The summed E-state index contributed by atoms with van der Waals surface area (Å²) < 4.78 is 10.9. The first-order valence-corrected chi connectivity index (χ1v) is 6.97. The number of anilines is 1. The lowest BCUT2D eigenvalue weighted by molar-refractivity contribution is 0.0999. The van der Waals surface area contributed by atoms with Gasteiger partial charge in [-0.3, -0.25) is 0 Å². The zero-order valence-corrected chi connectivity index (χ0v) is 11.5. The molecule has 1 aromatic heterocycles. The van der Waals surface area contributed by atoms with Gasteiger partial charge in [-0.2, -0.15) is 4.98 Å². The van der Waals surface area contributed by atoms with Crippen molar-refractivity contribution in [2.45, 2.75) is 13.0 Å². The molecule has 1 unspecified atom stereocenters. The van der Waals surface area contributed by atoms with Gasteiger partial charge in [0.25, 0.3) is 0 Å². The summed E-state index contributed by atoms with van der Waals surface area (Å²) in [6, 6.07) is 6.22. The molecule has 1 aliphatic rings. The second-order valence-corrected chi connectivity index (χ2v) is 4.49. The molecule has 2 heterocycles. The van der Waals surface area contributed by atoms with Crippen LogP contribution in [-0.2, 0) is 4.74 Å². The average Bonchev–Trinajstić information content (AvgIpc) is 2.39. The van der Waals surface area contributed by atoms with E-state index in [-0.39, 0.29) is 0 Å². The number of rotatable bonds is 4. The largest absolute Gasteiger partial charge is 0.478 e. The first kappa shape index (κ1) is 12.6. The molecule has 0 spiro atoms. The molecule has 1 atom stereocenters. The number of aromatic nitrogens is 1. The highest BCUT2D eigenvalue weighted by Crippen LogP contribution is 2.21. The van der Waals surface area contributed by atoms with Crippen LogP contribution in [0.1, 0.15) is 6.92 Å². The Labute approximate surface area is 110 Å². The zero-order valence-electron chi connectivity index (χ0n) is 9.93. The SMILES string of the molecule is CCOc1cccc(N2CCOCC2CBr)n1. The van der Waals surface area contributed by atoms with E-state index in [9.17, 15) is 0 Å². The summed E-state index contributed by atoms with van der Waals surface area (Å²) in [5, 5.41) is 0.882. The van der Waals surface area contributed by atoms with E-state index in [1.54, 1.807) is 0 Å². The summed E-state index contributed by atoms with van der Waals surface area (Å²) in [7, 11) is 0. The van der Waals surface area contributed by atoms with E-state index in [4.69, 9.17) is 9.47 Å². The van der Waals surface area contributed by atoms with Crippen molar-refractivity contribution in [1.29, 1.82) is 0 Å². The fourth-order valence-corrected chi connectivity index (χ4v) is 2.41. The molecule has 0 bridgehead atoms. The van der Waals surface area contributed by atoms with Crippen molar-refractivity contribution in [3.63, 3.8) is 0 Å². The third-order valence-electron chi connectivity index (χ3n) is 2.70. The summed E-state index contributed by atoms with van der Waals surface area (Å²) in [5.41, 5.74) is 0. The number of halogens is 1. The zero-order chi connectivity index (χ0) is 12.1. The standard InChI is InChI=1S/C12H17BrN2O2/c1-2-17-12-5-3-4-11(14-12)15-6-7-16-9-10(15)8-13/h3-5,10H,2,6-9H2,1H3. The van der Waals surface area contributed by atoms with Crippen LogP contribution in [0.5, 0.6) is 5.88 Å². The molecule has 17 heavy (non-hydrogen) atoms. The second-order valence-electron chi connectivity index (χ2n) is 3.84. The van der Waals surface area contributed by atoms with Crippen molar-refractivity contribution in [3.05, 3.63) is 18.2 Å². The highest BCUT2D eigenvalue weighted by molar-refractivity contribution is 9.09. The normalized spacial score (nSPS) is 20.4. The number of nitrogens with zero attached hydrogens (tertiary/aromatic N) is 2. The summed E-state index contributed by atoms with van der Waals surface area (Å²) in [6.45, 7) is 4.97. The predicted octanol–water partition coefficient (Wildman–Crippen LogP) is 2.08. The van der Waals surface area contributed by atoms with Crippen LogP contribution in [0.25, 0.3) is 0 Å². The number of hydrogen-bond acceptors (Lipinski definition) is 4. The number of morpholine rings is 1. The van der Waals surface area contributed by atoms with Gasteiger partial charge >= 0.3 is 0 Å². The molecule has 1 aliphatic heterocycles. The molecule has 0 radical (unpaired) electrons. The molecule has 94 valence electrons. The topological polar surface area (TPSA) is 34.6 Å². The van der Waals surface area contributed by atoms with Gasteiger partial charge < -0.3 is 14.4 Å². The first-order valence-electron chi connectivity index (χ1n) is 5.85. The molecular formula is C12H17BrN2O2. The minimum absolute atomic E-state index is 0.341. The van der Waals surface area contributed by atoms with Crippen LogP contribution in [0.3, 0.4) is 0 Å². The Morgan fingerprint density at radius 3 is 3.24 bits per heavy atom. The van der Waals surface area contributed by atoms with E-state index in [1.807, 2.05) is 25.1 Å². The number of ether oxygens (including phenoxy) is 2. The molecule has 0 N–H and O–H groups in total. The lowest BCUT2D eigenvalue weighted by Gasteiger charge is -2.35. The summed E-state index contributed by atoms with van der Waals surface area (Å²) in [5.74, 6) is 1.65. The van der Waals surface area contributed by atoms with Crippen LogP contribution in [0.15, 0.2) is 18.2 Å². The van der Waals surface area contributed by atoms with Gasteiger partial charge in [0, 0.05) is 17.9 Å². The van der Waals surface area contributed by atoms with Gasteiger partial charge in [-0.1, -0.05) is 22.0 Å². The molecule has 1 fully saturated rings. The Hall–Kier alpha value is -0.810. The van der Waals surface area contributed by atoms with Gasteiger partial charge in [-0.05, 0) is 13.0 Å². The van der Waals surface area contributed by atoms with Crippen molar-refractivity contribution in [3.8, 4) is 5.88 Å². The Morgan fingerprint density at radius 2 is 2.47 bits per heavy atom. The Bertz CT molecular complexity index is 362. The summed E-state index contributed by atoms with van der Waals surface area (Å²) in [4.78, 5) is 6.78. The number of alkyl halides is 1. The van der Waals surface area contributed by atoms with Crippen LogP contribution in [0, 0.1) is 0 Å². The summed E-state index contributed by atoms with van der Waals surface area (Å²) >= 11 is 3.52. The molecule has 0 aliphatic carbocycles. The van der Waals surface area contributed by atoms with Crippen molar-refractivity contribution < 1.29 is 9.47 Å². The van der Waals surface area contributed by atoms with Crippen molar-refractivity contribution >= 4 is 21.7 Å². The average molecular weight is 301 g/mol. The van der Waals surface area contributed by atoms with Crippen LogP contribution < -0.4 is 9.64 Å². The van der Waals surface area contributed by atoms with Gasteiger partial charge in [0.05, 0.1) is 25.9 Å². The van der Waals surface area contributed by atoms with Crippen LogP contribution >= 0.6 is 15.9 Å². The molecule has 5 heteroatoms. The number of pyridine rings is 1. The Kier molecular flexibility index (Phi) is 4.62. The lowest BCUT2D eigenvalue weighted by atomic mass is 10.2. The molecule has 1 aromatic rings.